The highest BCUT2D eigenvalue weighted by Crippen LogP contribution is 2.33. The normalized spacial score (nSPS) is 14.3. The number of halogens is 2. The van der Waals surface area contributed by atoms with Crippen molar-refractivity contribution in [3.8, 4) is 0 Å². The van der Waals surface area contributed by atoms with Crippen LogP contribution in [0.2, 0.25) is 5.02 Å². The number of fused-ring (bicyclic) bond motifs is 1. The van der Waals surface area contributed by atoms with Gasteiger partial charge in [0.15, 0.2) is 0 Å². The zero-order valence-electron chi connectivity index (χ0n) is 15.3. The summed E-state index contributed by atoms with van der Waals surface area (Å²) in [5, 5.41) is 4.52. The van der Waals surface area contributed by atoms with Gasteiger partial charge in [-0.15, -0.1) is 0 Å². The van der Waals surface area contributed by atoms with Crippen LogP contribution in [-0.4, -0.2) is 40.4 Å². The zero-order chi connectivity index (χ0) is 19.7. The molecule has 7 heteroatoms. The molecule has 0 saturated carbocycles. The fourth-order valence-corrected chi connectivity index (χ4v) is 4.35. The van der Waals surface area contributed by atoms with Gasteiger partial charge in [-0.25, -0.2) is 4.39 Å². The molecule has 4 rings (SSSR count). The van der Waals surface area contributed by atoms with Gasteiger partial charge in [0.2, 0.25) is 0 Å². The number of rotatable bonds is 3. The van der Waals surface area contributed by atoms with Gasteiger partial charge in [-0.1, -0.05) is 17.7 Å². The Kier molecular flexibility index (Phi) is 5.42. The summed E-state index contributed by atoms with van der Waals surface area (Å²) in [5.41, 5.74) is 3.24. The van der Waals surface area contributed by atoms with E-state index in [1.807, 2.05) is 41.8 Å². The average molecular weight is 416 g/mol. The molecule has 0 bridgehead atoms. The predicted octanol–water partition coefficient (Wildman–Crippen LogP) is 5.27. The van der Waals surface area contributed by atoms with Crippen LogP contribution in [0.15, 0.2) is 42.6 Å². The number of anilines is 2. The van der Waals surface area contributed by atoms with Crippen molar-refractivity contribution in [1.82, 2.24) is 9.88 Å². The summed E-state index contributed by atoms with van der Waals surface area (Å²) in [7, 11) is 0. The summed E-state index contributed by atoms with van der Waals surface area (Å²) in [5.74, 6) is 1.36. The number of benzene rings is 2. The fraction of sp³-hybridized carbons (Fsp3) is 0.238. The first-order valence-electron chi connectivity index (χ1n) is 9.02. The second kappa shape index (κ2) is 7.97. The van der Waals surface area contributed by atoms with Crippen LogP contribution in [0.5, 0.6) is 0 Å². The second-order valence-electron chi connectivity index (χ2n) is 6.65. The molecule has 3 aromatic rings. The van der Waals surface area contributed by atoms with Crippen LogP contribution in [0.25, 0.3) is 10.9 Å². The first kappa shape index (κ1) is 19.0. The van der Waals surface area contributed by atoms with Crippen LogP contribution in [0.4, 0.5) is 15.8 Å². The number of pyridine rings is 1. The van der Waals surface area contributed by atoms with Crippen LogP contribution in [0.3, 0.4) is 0 Å². The van der Waals surface area contributed by atoms with Gasteiger partial charge in [0.1, 0.15) is 5.82 Å². The molecule has 1 amide bonds. The maximum atomic E-state index is 14.0. The number of carbonyl (C=O) groups excluding carboxylic acids is 1. The highest BCUT2D eigenvalue weighted by molar-refractivity contribution is 7.99. The highest BCUT2D eigenvalue weighted by Gasteiger charge is 2.23. The Labute approximate surface area is 172 Å². The van der Waals surface area contributed by atoms with Crippen molar-refractivity contribution >= 4 is 51.5 Å². The van der Waals surface area contributed by atoms with Crippen LogP contribution in [0, 0.1) is 12.7 Å². The zero-order valence-corrected chi connectivity index (χ0v) is 16.9. The first-order chi connectivity index (χ1) is 13.5. The molecule has 4 nitrogen and oxygen atoms in total. The van der Waals surface area contributed by atoms with Crippen molar-refractivity contribution in [2.45, 2.75) is 6.92 Å². The third-order valence-corrected chi connectivity index (χ3v) is 6.24. The largest absolute Gasteiger partial charge is 0.354 e. The van der Waals surface area contributed by atoms with E-state index in [1.54, 1.807) is 12.3 Å². The molecule has 1 aromatic heterocycles. The average Bonchev–Trinajstić information content (AvgIpc) is 2.72. The predicted molar refractivity (Wildman–Crippen MR) is 114 cm³/mol. The minimum Gasteiger partial charge on any atom is -0.354 e. The van der Waals surface area contributed by atoms with Gasteiger partial charge in [0.05, 0.1) is 16.8 Å². The monoisotopic (exact) mass is 415 g/mol. The third-order valence-electron chi connectivity index (χ3n) is 4.89. The highest BCUT2D eigenvalue weighted by atomic mass is 35.5. The lowest BCUT2D eigenvalue weighted by Gasteiger charge is -2.27. The van der Waals surface area contributed by atoms with E-state index in [0.717, 1.165) is 22.8 Å². The lowest BCUT2D eigenvalue weighted by molar-refractivity contribution is 0.0773. The quantitative estimate of drug-likeness (QED) is 0.633. The summed E-state index contributed by atoms with van der Waals surface area (Å²) in [6.07, 6.45) is 1.58. The van der Waals surface area contributed by atoms with Gasteiger partial charge in [-0.2, -0.15) is 11.8 Å². The Morgan fingerprint density at radius 2 is 2.04 bits per heavy atom. The van der Waals surface area contributed by atoms with Crippen molar-refractivity contribution in [1.29, 1.82) is 0 Å². The molecule has 1 fully saturated rings. The van der Waals surface area contributed by atoms with Crippen molar-refractivity contribution in [3.05, 3.63) is 64.6 Å². The van der Waals surface area contributed by atoms with E-state index in [9.17, 15) is 9.18 Å². The van der Waals surface area contributed by atoms with Crippen molar-refractivity contribution in [2.75, 3.05) is 29.9 Å². The Bertz CT molecular complexity index is 1050. The lowest BCUT2D eigenvalue weighted by atomic mass is 10.1. The van der Waals surface area contributed by atoms with E-state index >= 15 is 0 Å². The number of aromatic nitrogens is 1. The molecule has 0 radical (unpaired) electrons. The van der Waals surface area contributed by atoms with Gasteiger partial charge in [-0.3, -0.25) is 9.78 Å². The van der Waals surface area contributed by atoms with E-state index in [2.05, 4.69) is 10.3 Å². The second-order valence-corrected chi connectivity index (χ2v) is 8.28. The standard InChI is InChI=1S/C21H19ClFN3OS/c1-13-17(22)3-2-4-18(13)25-20-15-11-14(23)5-6-19(15)24-12-16(20)21(27)26-7-9-28-10-8-26/h2-6,11-12H,7-10H2,1H3,(H,24,25). The molecule has 144 valence electrons. The van der Waals surface area contributed by atoms with Crippen molar-refractivity contribution in [3.63, 3.8) is 0 Å². The minimum atomic E-state index is -0.376. The molecule has 0 aliphatic carbocycles. The van der Waals surface area contributed by atoms with Crippen LogP contribution >= 0.6 is 23.4 Å². The topological polar surface area (TPSA) is 45.2 Å². The van der Waals surface area contributed by atoms with E-state index < -0.39 is 0 Å². The molecular weight excluding hydrogens is 397 g/mol. The van der Waals surface area contributed by atoms with Gasteiger partial charge in [0, 0.05) is 46.9 Å². The fourth-order valence-electron chi connectivity index (χ4n) is 3.28. The number of hydrogen-bond acceptors (Lipinski definition) is 4. The van der Waals surface area contributed by atoms with E-state index in [0.29, 0.717) is 40.3 Å². The molecule has 0 spiro atoms. The number of nitrogens with zero attached hydrogens (tertiary/aromatic N) is 2. The third kappa shape index (κ3) is 3.66. The van der Waals surface area contributed by atoms with Crippen molar-refractivity contribution < 1.29 is 9.18 Å². The summed E-state index contributed by atoms with van der Waals surface area (Å²) in [6.45, 7) is 3.29. The van der Waals surface area contributed by atoms with Crippen LogP contribution in [-0.2, 0) is 0 Å². The Balaban J connectivity index is 1.86. The van der Waals surface area contributed by atoms with Gasteiger partial charge in [0.25, 0.3) is 5.91 Å². The smallest absolute Gasteiger partial charge is 0.257 e. The van der Waals surface area contributed by atoms with Crippen LogP contribution in [0.1, 0.15) is 15.9 Å². The molecule has 1 aliphatic heterocycles. The summed E-state index contributed by atoms with van der Waals surface area (Å²) in [6, 6.07) is 9.93. The first-order valence-corrected chi connectivity index (χ1v) is 10.6. The molecule has 28 heavy (non-hydrogen) atoms. The maximum absolute atomic E-state index is 14.0. The molecule has 1 aliphatic rings. The molecular formula is C21H19ClFN3OS. The van der Waals surface area contributed by atoms with E-state index in [4.69, 9.17) is 11.6 Å². The van der Waals surface area contributed by atoms with Gasteiger partial charge in [-0.05, 0) is 42.8 Å². The molecule has 1 N–H and O–H groups in total. The van der Waals surface area contributed by atoms with Crippen LogP contribution < -0.4 is 5.32 Å². The van der Waals surface area contributed by atoms with Crippen molar-refractivity contribution in [2.24, 2.45) is 0 Å². The number of amides is 1. The minimum absolute atomic E-state index is 0.0962. The van der Waals surface area contributed by atoms with Gasteiger partial charge >= 0.3 is 0 Å². The molecule has 2 heterocycles. The summed E-state index contributed by atoms with van der Waals surface area (Å²) < 4.78 is 14.0. The Hall–Kier alpha value is -2.31. The number of nitrogens with one attached hydrogen (secondary N) is 1. The molecule has 0 unspecified atom stereocenters. The Morgan fingerprint density at radius 1 is 1.25 bits per heavy atom. The van der Waals surface area contributed by atoms with E-state index in [-0.39, 0.29) is 11.7 Å². The maximum Gasteiger partial charge on any atom is 0.257 e. The summed E-state index contributed by atoms with van der Waals surface area (Å²) >= 11 is 8.09. The SMILES string of the molecule is Cc1c(Cl)cccc1Nc1c(C(=O)N2CCSCC2)cnc2ccc(F)cc12. The number of hydrogen-bond donors (Lipinski definition) is 1. The lowest BCUT2D eigenvalue weighted by Crippen LogP contribution is -2.38. The molecule has 2 aromatic carbocycles. The van der Waals surface area contributed by atoms with E-state index in [1.165, 1.54) is 12.1 Å². The number of thioether (sulfide) groups is 1. The molecule has 0 atom stereocenters. The summed E-state index contributed by atoms with van der Waals surface area (Å²) in [4.78, 5) is 19.4. The number of carbonyl (C=O) groups is 1. The molecule has 1 saturated heterocycles. The Morgan fingerprint density at radius 3 is 2.82 bits per heavy atom. The van der Waals surface area contributed by atoms with Gasteiger partial charge < -0.3 is 10.2 Å².